The van der Waals surface area contributed by atoms with Gasteiger partial charge >= 0.3 is 0 Å². The fourth-order valence-corrected chi connectivity index (χ4v) is 6.85. The lowest BCUT2D eigenvalue weighted by Gasteiger charge is -2.33. The van der Waals surface area contributed by atoms with Crippen molar-refractivity contribution in [1.82, 2.24) is 9.21 Å². The lowest BCUT2D eigenvalue weighted by atomic mass is 9.87. The van der Waals surface area contributed by atoms with Crippen LogP contribution < -0.4 is 4.90 Å². The molecule has 0 spiro atoms. The van der Waals surface area contributed by atoms with Crippen molar-refractivity contribution >= 4 is 44.2 Å². The minimum atomic E-state index is -3.71. The van der Waals surface area contributed by atoms with Crippen LogP contribution in [-0.4, -0.2) is 55.1 Å². The molecule has 0 bridgehead atoms. The summed E-state index contributed by atoms with van der Waals surface area (Å²) in [6.45, 7) is 10.1. The molecule has 4 aromatic rings. The molecule has 0 saturated carbocycles. The van der Waals surface area contributed by atoms with Gasteiger partial charge in [-0.25, -0.2) is 8.42 Å². The van der Waals surface area contributed by atoms with Crippen LogP contribution >= 0.6 is 0 Å². The largest absolute Gasteiger partial charge is 0.290 e. The number of carbonyl (C=O) groups is 3. The van der Waals surface area contributed by atoms with Crippen LogP contribution in [0.2, 0.25) is 0 Å². The van der Waals surface area contributed by atoms with Crippen LogP contribution in [0.1, 0.15) is 71.3 Å². The van der Waals surface area contributed by atoms with Crippen LogP contribution in [0.25, 0.3) is 10.8 Å². The number of amides is 3. The summed E-state index contributed by atoms with van der Waals surface area (Å²) in [6, 6.07) is 23.8. The number of hydrogen-bond donors (Lipinski definition) is 0. The van der Waals surface area contributed by atoms with Gasteiger partial charge in [0.15, 0.2) is 0 Å². The number of carbonyl (C=O) groups excluding carboxylic acids is 3. The van der Waals surface area contributed by atoms with E-state index in [1.165, 1.54) is 33.5 Å². The molecule has 0 unspecified atom stereocenters. The minimum Gasteiger partial charge on any atom is -0.290 e. The molecule has 0 aliphatic carbocycles. The highest BCUT2D eigenvalue weighted by Crippen LogP contribution is 2.32. The quantitative estimate of drug-likeness (QED) is 0.230. The first-order chi connectivity index (χ1) is 20.4. The van der Waals surface area contributed by atoms with E-state index in [1.807, 2.05) is 24.3 Å². The Morgan fingerprint density at radius 2 is 1.30 bits per heavy atom. The molecule has 0 atom stereocenters. The van der Waals surface area contributed by atoms with Crippen LogP contribution in [0, 0.1) is 0 Å². The van der Waals surface area contributed by atoms with E-state index in [0.717, 1.165) is 15.8 Å². The molecular formula is C34H35N3O5S. The third-order valence-corrected chi connectivity index (χ3v) is 9.94. The van der Waals surface area contributed by atoms with Gasteiger partial charge in [0.1, 0.15) is 6.67 Å². The molecule has 9 heteroatoms. The van der Waals surface area contributed by atoms with Gasteiger partial charge in [-0.3, -0.25) is 24.2 Å². The van der Waals surface area contributed by atoms with Gasteiger partial charge in [0, 0.05) is 40.9 Å². The molecule has 8 nitrogen and oxygen atoms in total. The Bertz CT molecular complexity index is 1770. The maximum atomic E-state index is 14.1. The molecule has 0 saturated heterocycles. The molecule has 0 fully saturated rings. The highest BCUT2D eigenvalue weighted by molar-refractivity contribution is 7.89. The van der Waals surface area contributed by atoms with E-state index in [2.05, 4.69) is 20.8 Å². The van der Waals surface area contributed by atoms with Crippen molar-refractivity contribution in [3.63, 3.8) is 0 Å². The number of anilines is 1. The first-order valence-electron chi connectivity index (χ1n) is 14.3. The summed E-state index contributed by atoms with van der Waals surface area (Å²) >= 11 is 0. The summed E-state index contributed by atoms with van der Waals surface area (Å²) in [4.78, 5) is 44.0. The molecule has 0 aromatic heterocycles. The Morgan fingerprint density at radius 3 is 1.79 bits per heavy atom. The number of benzene rings is 4. The predicted molar refractivity (Wildman–Crippen MR) is 168 cm³/mol. The zero-order valence-electron chi connectivity index (χ0n) is 25.0. The van der Waals surface area contributed by atoms with E-state index >= 15 is 0 Å². The van der Waals surface area contributed by atoms with Crippen molar-refractivity contribution in [3.8, 4) is 0 Å². The van der Waals surface area contributed by atoms with Gasteiger partial charge < -0.3 is 0 Å². The molecule has 3 amide bonds. The zero-order valence-corrected chi connectivity index (χ0v) is 25.8. The Kier molecular flexibility index (Phi) is 7.98. The summed E-state index contributed by atoms with van der Waals surface area (Å²) < 4.78 is 27.4. The summed E-state index contributed by atoms with van der Waals surface area (Å²) in [7, 11) is -3.71. The van der Waals surface area contributed by atoms with Crippen LogP contribution in [0.15, 0.2) is 89.8 Å². The summed E-state index contributed by atoms with van der Waals surface area (Å²) in [5.41, 5.74) is 2.44. The Hall–Kier alpha value is -4.34. The SMILES string of the molecule is CCN(CC)S(=O)(=O)c1ccc(C(=O)N(CN2C(=O)c3cccc4cccc(c34)C2=O)c2ccc(C(C)(C)C)cc2)cc1. The Morgan fingerprint density at radius 1 is 0.767 bits per heavy atom. The molecule has 4 aromatic carbocycles. The van der Waals surface area contributed by atoms with Crippen molar-refractivity contribution in [2.75, 3.05) is 24.7 Å². The lowest BCUT2D eigenvalue weighted by molar-refractivity contribution is 0.0607. The van der Waals surface area contributed by atoms with E-state index in [9.17, 15) is 22.8 Å². The number of rotatable bonds is 8. The van der Waals surface area contributed by atoms with Crippen LogP contribution in [-0.2, 0) is 15.4 Å². The van der Waals surface area contributed by atoms with Crippen molar-refractivity contribution < 1.29 is 22.8 Å². The second-order valence-electron chi connectivity index (χ2n) is 11.5. The van der Waals surface area contributed by atoms with E-state index in [1.54, 1.807) is 50.2 Å². The van der Waals surface area contributed by atoms with Crippen molar-refractivity contribution in [2.24, 2.45) is 0 Å². The van der Waals surface area contributed by atoms with Crippen molar-refractivity contribution in [3.05, 3.63) is 107 Å². The molecule has 5 rings (SSSR count). The summed E-state index contributed by atoms with van der Waals surface area (Å²) in [5, 5.41) is 1.40. The smallest absolute Gasteiger partial charge is 0.262 e. The van der Waals surface area contributed by atoms with Gasteiger partial charge in [-0.15, -0.1) is 0 Å². The van der Waals surface area contributed by atoms with Crippen LogP contribution in [0.3, 0.4) is 0 Å². The number of sulfonamides is 1. The average molecular weight is 598 g/mol. The Labute approximate surface area is 252 Å². The maximum absolute atomic E-state index is 14.1. The first kappa shape index (κ1) is 30.1. The standard InChI is InChI=1S/C34H35N3O5S/c1-6-35(7-2)43(41,42)27-20-14-24(15-21-27)31(38)36(26-18-16-25(17-19-26)34(3,4)5)22-37-32(39)28-12-8-10-23-11-9-13-29(30(23)28)33(37)40/h8-21H,6-7,22H2,1-5H3. The Balaban J connectivity index is 1.54. The van der Waals surface area contributed by atoms with E-state index < -0.39 is 27.7 Å². The zero-order chi connectivity index (χ0) is 31.1. The molecule has 1 aliphatic rings. The second-order valence-corrected chi connectivity index (χ2v) is 13.5. The topological polar surface area (TPSA) is 95.1 Å². The van der Waals surface area contributed by atoms with Crippen molar-refractivity contribution in [1.29, 1.82) is 0 Å². The van der Waals surface area contributed by atoms with E-state index in [0.29, 0.717) is 35.3 Å². The highest BCUT2D eigenvalue weighted by Gasteiger charge is 2.35. The van der Waals surface area contributed by atoms with Crippen molar-refractivity contribution in [2.45, 2.75) is 44.9 Å². The third kappa shape index (κ3) is 5.46. The number of nitrogens with zero attached hydrogens (tertiary/aromatic N) is 3. The van der Waals surface area contributed by atoms with E-state index in [4.69, 9.17) is 0 Å². The molecule has 43 heavy (non-hydrogen) atoms. The highest BCUT2D eigenvalue weighted by atomic mass is 32.2. The number of imide groups is 1. The second kappa shape index (κ2) is 11.4. The van der Waals surface area contributed by atoms with Crippen LogP contribution in [0.4, 0.5) is 5.69 Å². The summed E-state index contributed by atoms with van der Waals surface area (Å²) in [6.07, 6.45) is 0. The maximum Gasteiger partial charge on any atom is 0.262 e. The van der Waals surface area contributed by atoms with Crippen LogP contribution in [0.5, 0.6) is 0 Å². The van der Waals surface area contributed by atoms with E-state index in [-0.39, 0.29) is 22.5 Å². The monoisotopic (exact) mass is 597 g/mol. The average Bonchev–Trinajstić information content (AvgIpc) is 3.00. The molecular weight excluding hydrogens is 562 g/mol. The van der Waals surface area contributed by atoms with Gasteiger partial charge in [0.05, 0.1) is 4.90 Å². The number of hydrogen-bond acceptors (Lipinski definition) is 5. The normalized spacial score (nSPS) is 13.6. The van der Waals surface area contributed by atoms with Gasteiger partial charge in [-0.05, 0) is 64.9 Å². The lowest BCUT2D eigenvalue weighted by Crippen LogP contribution is -2.49. The molecule has 222 valence electrons. The van der Waals surface area contributed by atoms with Gasteiger partial charge in [-0.1, -0.05) is 71.0 Å². The third-order valence-electron chi connectivity index (χ3n) is 7.87. The van der Waals surface area contributed by atoms with Gasteiger partial charge in [0.25, 0.3) is 17.7 Å². The fraction of sp³-hybridized carbons (Fsp3) is 0.265. The predicted octanol–water partition coefficient (Wildman–Crippen LogP) is 6.07. The van der Waals surface area contributed by atoms with Gasteiger partial charge in [0.2, 0.25) is 10.0 Å². The fourth-order valence-electron chi connectivity index (χ4n) is 5.39. The van der Waals surface area contributed by atoms with Gasteiger partial charge in [-0.2, -0.15) is 4.31 Å². The summed E-state index contributed by atoms with van der Waals surface area (Å²) in [5.74, 6) is -1.45. The minimum absolute atomic E-state index is 0.0833. The molecule has 1 heterocycles. The first-order valence-corrected chi connectivity index (χ1v) is 15.7. The molecule has 1 aliphatic heterocycles. The molecule has 0 radical (unpaired) electrons. The molecule has 0 N–H and O–H groups in total.